The van der Waals surface area contributed by atoms with Crippen LogP contribution in [0.2, 0.25) is 0 Å². The molecule has 0 fully saturated rings. The van der Waals surface area contributed by atoms with Crippen molar-refractivity contribution < 1.29 is 4.74 Å². The Bertz CT molecular complexity index is 411. The highest BCUT2D eigenvalue weighted by molar-refractivity contribution is 5.58. The van der Waals surface area contributed by atoms with E-state index < -0.39 is 0 Å². The van der Waals surface area contributed by atoms with E-state index in [2.05, 4.69) is 53.3 Å². The molecule has 0 aliphatic rings. The first-order valence-corrected chi connectivity index (χ1v) is 7.60. The van der Waals surface area contributed by atoms with Crippen LogP contribution in [0.4, 0.5) is 11.6 Å². The molecule has 1 heterocycles. The average molecular weight is 295 g/mol. The maximum absolute atomic E-state index is 5.08. The number of likely N-dealkylation sites (N-methyl/N-ethyl adjacent to an activating group) is 1. The Hall–Kier alpha value is -1.40. The molecular weight excluding hydrogens is 266 g/mol. The van der Waals surface area contributed by atoms with E-state index in [1.807, 2.05) is 0 Å². The third-order valence-electron chi connectivity index (χ3n) is 3.27. The fourth-order valence-corrected chi connectivity index (χ4v) is 2.12. The van der Waals surface area contributed by atoms with E-state index in [0.717, 1.165) is 50.0 Å². The summed E-state index contributed by atoms with van der Waals surface area (Å²) in [5.41, 5.74) is 1.15. The first kappa shape index (κ1) is 17.7. The molecule has 0 aliphatic heterocycles. The number of hydrogen-bond donors (Lipinski definition) is 2. The summed E-state index contributed by atoms with van der Waals surface area (Å²) in [5, 5.41) is 6.73. The van der Waals surface area contributed by atoms with Crippen molar-refractivity contribution in [3.8, 4) is 0 Å². The minimum atomic E-state index is 0.369. The molecule has 6 nitrogen and oxygen atoms in total. The Kier molecular flexibility index (Phi) is 8.00. The van der Waals surface area contributed by atoms with Crippen LogP contribution in [0, 0.1) is 0 Å². The number of methoxy groups -OCH3 is 1. The van der Waals surface area contributed by atoms with Crippen LogP contribution < -0.4 is 10.6 Å². The fourth-order valence-electron chi connectivity index (χ4n) is 2.12. The zero-order valence-electron chi connectivity index (χ0n) is 13.9. The Morgan fingerprint density at radius 1 is 1.19 bits per heavy atom. The van der Waals surface area contributed by atoms with Crippen molar-refractivity contribution in [2.24, 2.45) is 0 Å². The Labute approximate surface area is 128 Å². The summed E-state index contributed by atoms with van der Waals surface area (Å²) in [6, 6.07) is 0. The van der Waals surface area contributed by atoms with Crippen LogP contribution in [0.25, 0.3) is 0 Å². The van der Waals surface area contributed by atoms with E-state index in [1.54, 1.807) is 13.4 Å². The summed E-state index contributed by atoms with van der Waals surface area (Å²) in [6.45, 7) is 10.7. The largest absolute Gasteiger partial charge is 0.383 e. The molecule has 0 bridgehead atoms. The number of hydrogen-bond acceptors (Lipinski definition) is 6. The molecule has 0 radical (unpaired) electrons. The Morgan fingerprint density at radius 2 is 1.86 bits per heavy atom. The number of rotatable bonds is 10. The van der Waals surface area contributed by atoms with Crippen LogP contribution in [-0.4, -0.2) is 61.8 Å². The standard InChI is InChI=1S/C15H29N5O/c1-6-16-14-13(12(2)3)15(19-11-18-14)17-7-8-20(4)9-10-21-5/h11-12H,6-10H2,1-5H3,(H2,16,17,18,19). The van der Waals surface area contributed by atoms with Gasteiger partial charge in [0.25, 0.3) is 0 Å². The second-order valence-corrected chi connectivity index (χ2v) is 5.39. The van der Waals surface area contributed by atoms with Gasteiger partial charge in [-0.2, -0.15) is 0 Å². The molecule has 0 amide bonds. The topological polar surface area (TPSA) is 62.3 Å². The second-order valence-electron chi connectivity index (χ2n) is 5.39. The highest BCUT2D eigenvalue weighted by Gasteiger charge is 2.14. The van der Waals surface area contributed by atoms with E-state index in [-0.39, 0.29) is 0 Å². The van der Waals surface area contributed by atoms with Crippen LogP contribution in [0.15, 0.2) is 6.33 Å². The molecule has 0 saturated carbocycles. The van der Waals surface area contributed by atoms with Gasteiger partial charge in [0.1, 0.15) is 18.0 Å². The quantitative estimate of drug-likeness (QED) is 0.688. The van der Waals surface area contributed by atoms with E-state index in [0.29, 0.717) is 5.92 Å². The van der Waals surface area contributed by atoms with Gasteiger partial charge in [0.05, 0.1) is 6.61 Å². The van der Waals surface area contributed by atoms with Gasteiger partial charge in [0.2, 0.25) is 0 Å². The first-order chi connectivity index (χ1) is 10.1. The molecule has 0 spiro atoms. The molecule has 0 aliphatic carbocycles. The molecule has 0 atom stereocenters. The van der Waals surface area contributed by atoms with Crippen molar-refractivity contribution in [3.63, 3.8) is 0 Å². The van der Waals surface area contributed by atoms with Crippen molar-refractivity contribution >= 4 is 11.6 Å². The smallest absolute Gasteiger partial charge is 0.135 e. The SMILES string of the molecule is CCNc1ncnc(NCCN(C)CCOC)c1C(C)C. The van der Waals surface area contributed by atoms with Crippen LogP contribution in [0.1, 0.15) is 32.3 Å². The van der Waals surface area contributed by atoms with Gasteiger partial charge >= 0.3 is 0 Å². The summed E-state index contributed by atoms with van der Waals surface area (Å²) in [7, 11) is 3.82. The molecule has 21 heavy (non-hydrogen) atoms. The molecule has 1 aromatic rings. The van der Waals surface area contributed by atoms with Gasteiger partial charge in [0, 0.05) is 38.9 Å². The van der Waals surface area contributed by atoms with Crippen molar-refractivity contribution in [1.82, 2.24) is 14.9 Å². The number of nitrogens with zero attached hydrogens (tertiary/aromatic N) is 3. The van der Waals surface area contributed by atoms with Crippen LogP contribution in [0.5, 0.6) is 0 Å². The fraction of sp³-hybridized carbons (Fsp3) is 0.733. The monoisotopic (exact) mass is 295 g/mol. The highest BCUT2D eigenvalue weighted by atomic mass is 16.5. The molecule has 6 heteroatoms. The summed E-state index contributed by atoms with van der Waals surface area (Å²) >= 11 is 0. The Balaban J connectivity index is 2.63. The van der Waals surface area contributed by atoms with E-state index in [1.165, 1.54) is 0 Å². The van der Waals surface area contributed by atoms with Crippen LogP contribution >= 0.6 is 0 Å². The third kappa shape index (κ3) is 5.85. The van der Waals surface area contributed by atoms with Crippen molar-refractivity contribution in [2.75, 3.05) is 57.6 Å². The summed E-state index contributed by atoms with van der Waals surface area (Å²) in [4.78, 5) is 11.0. The van der Waals surface area contributed by atoms with E-state index >= 15 is 0 Å². The lowest BCUT2D eigenvalue weighted by Gasteiger charge is -2.19. The maximum atomic E-state index is 5.08. The third-order valence-corrected chi connectivity index (χ3v) is 3.27. The van der Waals surface area contributed by atoms with Gasteiger partial charge < -0.3 is 20.3 Å². The molecule has 0 saturated heterocycles. The highest BCUT2D eigenvalue weighted by Crippen LogP contribution is 2.27. The first-order valence-electron chi connectivity index (χ1n) is 7.60. The summed E-state index contributed by atoms with van der Waals surface area (Å²) in [6.07, 6.45) is 1.61. The van der Waals surface area contributed by atoms with Crippen LogP contribution in [0.3, 0.4) is 0 Å². The number of ether oxygens (including phenoxy) is 1. The van der Waals surface area contributed by atoms with Gasteiger partial charge in [-0.25, -0.2) is 9.97 Å². The predicted molar refractivity (Wildman–Crippen MR) is 88.1 cm³/mol. The van der Waals surface area contributed by atoms with Gasteiger partial charge in [-0.3, -0.25) is 0 Å². The zero-order valence-corrected chi connectivity index (χ0v) is 13.9. The summed E-state index contributed by atoms with van der Waals surface area (Å²) < 4.78 is 5.08. The average Bonchev–Trinajstić information content (AvgIpc) is 2.45. The molecular formula is C15H29N5O. The molecule has 1 rings (SSSR count). The summed E-state index contributed by atoms with van der Waals surface area (Å²) in [5.74, 6) is 2.22. The predicted octanol–water partition coefficient (Wildman–Crippen LogP) is 2.02. The van der Waals surface area contributed by atoms with Crippen LogP contribution in [-0.2, 0) is 4.74 Å². The van der Waals surface area contributed by atoms with Gasteiger partial charge in [-0.05, 0) is 19.9 Å². The van der Waals surface area contributed by atoms with Gasteiger partial charge in [-0.15, -0.1) is 0 Å². The molecule has 0 aromatic carbocycles. The van der Waals surface area contributed by atoms with E-state index in [4.69, 9.17) is 4.74 Å². The molecule has 0 unspecified atom stereocenters. The minimum Gasteiger partial charge on any atom is -0.383 e. The lowest BCUT2D eigenvalue weighted by atomic mass is 10.0. The Morgan fingerprint density at radius 3 is 2.43 bits per heavy atom. The zero-order chi connectivity index (χ0) is 15.7. The number of anilines is 2. The van der Waals surface area contributed by atoms with Crippen molar-refractivity contribution in [3.05, 3.63) is 11.9 Å². The molecule has 120 valence electrons. The van der Waals surface area contributed by atoms with Gasteiger partial charge in [-0.1, -0.05) is 13.8 Å². The lowest BCUT2D eigenvalue weighted by molar-refractivity contribution is 0.163. The number of aromatic nitrogens is 2. The van der Waals surface area contributed by atoms with Crippen molar-refractivity contribution in [2.45, 2.75) is 26.7 Å². The second kappa shape index (κ2) is 9.52. The lowest BCUT2D eigenvalue weighted by Crippen LogP contribution is -2.28. The minimum absolute atomic E-state index is 0.369. The molecule has 2 N–H and O–H groups in total. The number of nitrogens with one attached hydrogen (secondary N) is 2. The molecule has 1 aromatic heterocycles. The van der Waals surface area contributed by atoms with Gasteiger partial charge in [0.15, 0.2) is 0 Å². The maximum Gasteiger partial charge on any atom is 0.135 e. The van der Waals surface area contributed by atoms with Crippen molar-refractivity contribution in [1.29, 1.82) is 0 Å². The van der Waals surface area contributed by atoms with E-state index in [9.17, 15) is 0 Å². The normalized spacial score (nSPS) is 11.2.